The summed E-state index contributed by atoms with van der Waals surface area (Å²) in [5.74, 6) is -0.903. The number of ketones is 2. The number of carbonyl (C=O) groups is 2. The molecule has 1 rings (SSSR count). The zero-order chi connectivity index (χ0) is 10.9. The maximum Gasteiger partial charge on any atom is 0.267 e. The molecule has 3 heteroatoms. The van der Waals surface area contributed by atoms with Crippen molar-refractivity contribution >= 4 is 11.6 Å². The van der Waals surface area contributed by atoms with Crippen molar-refractivity contribution in [1.29, 1.82) is 0 Å². The summed E-state index contributed by atoms with van der Waals surface area (Å²) in [6.45, 7) is 5.90. The summed E-state index contributed by atoms with van der Waals surface area (Å²) in [5, 5.41) is 0. The second-order valence-corrected chi connectivity index (χ2v) is 4.22. The van der Waals surface area contributed by atoms with E-state index in [0.29, 0.717) is 0 Å². The number of allylic oxidation sites excluding steroid dienone is 4. The Morgan fingerprint density at radius 1 is 1.14 bits per heavy atom. The molecule has 0 spiro atoms. The van der Waals surface area contributed by atoms with Gasteiger partial charge in [0.05, 0.1) is 7.11 Å². The third-order valence-corrected chi connectivity index (χ3v) is 2.09. The van der Waals surface area contributed by atoms with Gasteiger partial charge < -0.3 is 4.74 Å². The van der Waals surface area contributed by atoms with Crippen molar-refractivity contribution in [3.63, 3.8) is 0 Å². The Morgan fingerprint density at radius 2 is 1.71 bits per heavy atom. The minimum atomic E-state index is -0.556. The fraction of sp³-hybridized carbons (Fsp3) is 0.455. The van der Waals surface area contributed by atoms with Gasteiger partial charge in [-0.2, -0.15) is 0 Å². The first-order valence-electron chi connectivity index (χ1n) is 4.43. The molecule has 3 nitrogen and oxygen atoms in total. The standard InChI is InChI=1S/C11H14O3/c1-11(2,3)7-5-6-8(12)9(13)10(7)14-4/h5-6H,1-4H3. The Bertz CT molecular complexity index is 340. The molecule has 0 saturated carbocycles. The highest BCUT2D eigenvalue weighted by Gasteiger charge is 2.30. The lowest BCUT2D eigenvalue weighted by molar-refractivity contribution is -0.133. The van der Waals surface area contributed by atoms with Crippen LogP contribution in [0.15, 0.2) is 23.5 Å². The fourth-order valence-electron chi connectivity index (χ4n) is 1.34. The van der Waals surface area contributed by atoms with Gasteiger partial charge in [0.25, 0.3) is 5.78 Å². The Hall–Kier alpha value is -1.38. The topological polar surface area (TPSA) is 43.4 Å². The molecule has 0 aliphatic heterocycles. The van der Waals surface area contributed by atoms with Gasteiger partial charge >= 0.3 is 0 Å². The van der Waals surface area contributed by atoms with Crippen molar-refractivity contribution in [1.82, 2.24) is 0 Å². The van der Waals surface area contributed by atoms with E-state index in [1.165, 1.54) is 13.2 Å². The zero-order valence-corrected chi connectivity index (χ0v) is 8.88. The molecule has 0 aromatic rings. The molecule has 1 aliphatic carbocycles. The van der Waals surface area contributed by atoms with E-state index in [0.717, 1.165) is 5.57 Å². The molecule has 0 aromatic carbocycles. The number of carbonyl (C=O) groups excluding carboxylic acids is 2. The molecule has 0 saturated heterocycles. The van der Waals surface area contributed by atoms with Crippen LogP contribution in [0.3, 0.4) is 0 Å². The molecule has 0 aromatic heterocycles. The van der Waals surface area contributed by atoms with Crippen LogP contribution in [-0.4, -0.2) is 18.7 Å². The van der Waals surface area contributed by atoms with Crippen molar-refractivity contribution in [3.8, 4) is 0 Å². The molecule has 0 bridgehead atoms. The van der Waals surface area contributed by atoms with Crippen molar-refractivity contribution < 1.29 is 14.3 Å². The summed E-state index contributed by atoms with van der Waals surface area (Å²) < 4.78 is 4.97. The maximum atomic E-state index is 11.4. The second kappa shape index (κ2) is 3.40. The normalized spacial score (nSPS) is 17.7. The number of ether oxygens (including phenoxy) is 1. The summed E-state index contributed by atoms with van der Waals surface area (Å²) in [5.41, 5.74) is 0.572. The van der Waals surface area contributed by atoms with Crippen LogP contribution in [0.5, 0.6) is 0 Å². The summed E-state index contributed by atoms with van der Waals surface area (Å²) in [7, 11) is 1.41. The summed E-state index contributed by atoms with van der Waals surface area (Å²) >= 11 is 0. The van der Waals surface area contributed by atoms with E-state index in [1.54, 1.807) is 6.08 Å². The first-order valence-corrected chi connectivity index (χ1v) is 4.43. The van der Waals surface area contributed by atoms with E-state index in [4.69, 9.17) is 4.74 Å². The third kappa shape index (κ3) is 1.76. The molecule has 0 radical (unpaired) electrons. The van der Waals surface area contributed by atoms with E-state index >= 15 is 0 Å². The van der Waals surface area contributed by atoms with Gasteiger partial charge in [0.15, 0.2) is 5.76 Å². The predicted octanol–water partition coefficient (Wildman–Crippen LogP) is 1.64. The molecule has 0 fully saturated rings. The van der Waals surface area contributed by atoms with Crippen LogP contribution in [0.1, 0.15) is 20.8 Å². The van der Waals surface area contributed by atoms with E-state index in [2.05, 4.69) is 0 Å². The SMILES string of the molecule is COC1=C(C(C)(C)C)C=CC(=O)C1=O. The Morgan fingerprint density at radius 3 is 2.14 bits per heavy atom. The lowest BCUT2D eigenvalue weighted by atomic mass is 9.82. The van der Waals surface area contributed by atoms with Gasteiger partial charge in [-0.1, -0.05) is 26.8 Å². The minimum Gasteiger partial charge on any atom is -0.492 e. The Balaban J connectivity index is 3.26. The zero-order valence-electron chi connectivity index (χ0n) is 8.88. The molecule has 0 unspecified atom stereocenters. The molecule has 0 atom stereocenters. The monoisotopic (exact) mass is 194 g/mol. The summed E-state index contributed by atoms with van der Waals surface area (Å²) in [6.07, 6.45) is 2.95. The highest BCUT2D eigenvalue weighted by atomic mass is 16.5. The first kappa shape index (κ1) is 10.7. The first-order chi connectivity index (χ1) is 6.38. The molecular formula is C11H14O3. The van der Waals surface area contributed by atoms with Crippen molar-refractivity contribution in [2.75, 3.05) is 7.11 Å². The van der Waals surface area contributed by atoms with Gasteiger partial charge in [0, 0.05) is 5.57 Å². The van der Waals surface area contributed by atoms with Crippen LogP contribution >= 0.6 is 0 Å². The number of hydrogen-bond donors (Lipinski definition) is 0. The largest absolute Gasteiger partial charge is 0.492 e. The molecule has 0 heterocycles. The van der Waals surface area contributed by atoms with Crippen LogP contribution in [0, 0.1) is 5.41 Å². The van der Waals surface area contributed by atoms with Gasteiger partial charge in [0.1, 0.15) is 0 Å². The van der Waals surface area contributed by atoms with Gasteiger partial charge in [-0.05, 0) is 11.5 Å². The fourth-order valence-corrected chi connectivity index (χ4v) is 1.34. The van der Waals surface area contributed by atoms with Crippen LogP contribution in [0.25, 0.3) is 0 Å². The van der Waals surface area contributed by atoms with Gasteiger partial charge in [-0.25, -0.2) is 0 Å². The van der Waals surface area contributed by atoms with E-state index in [-0.39, 0.29) is 11.2 Å². The highest BCUT2D eigenvalue weighted by molar-refractivity contribution is 6.47. The minimum absolute atomic E-state index is 0.171. The van der Waals surface area contributed by atoms with Crippen molar-refractivity contribution in [2.24, 2.45) is 5.41 Å². The maximum absolute atomic E-state index is 11.4. The van der Waals surface area contributed by atoms with Gasteiger partial charge in [-0.3, -0.25) is 9.59 Å². The molecule has 76 valence electrons. The van der Waals surface area contributed by atoms with Crippen LogP contribution in [0.4, 0.5) is 0 Å². The van der Waals surface area contributed by atoms with Crippen LogP contribution in [-0.2, 0) is 14.3 Å². The van der Waals surface area contributed by atoms with Crippen molar-refractivity contribution in [3.05, 3.63) is 23.5 Å². The average Bonchev–Trinajstić information content (AvgIpc) is 2.07. The summed E-state index contributed by atoms with van der Waals surface area (Å²) in [4.78, 5) is 22.5. The van der Waals surface area contributed by atoms with Crippen LogP contribution < -0.4 is 0 Å². The Labute approximate surface area is 83.4 Å². The smallest absolute Gasteiger partial charge is 0.267 e. The molecule has 14 heavy (non-hydrogen) atoms. The van der Waals surface area contributed by atoms with E-state index in [1.807, 2.05) is 20.8 Å². The van der Waals surface area contributed by atoms with Gasteiger partial charge in [0.2, 0.25) is 5.78 Å². The number of hydrogen-bond acceptors (Lipinski definition) is 3. The molecular weight excluding hydrogens is 180 g/mol. The Kier molecular flexibility index (Phi) is 2.60. The number of rotatable bonds is 1. The predicted molar refractivity (Wildman–Crippen MR) is 52.6 cm³/mol. The third-order valence-electron chi connectivity index (χ3n) is 2.09. The summed E-state index contributed by atoms with van der Waals surface area (Å²) in [6, 6.07) is 0. The number of methoxy groups -OCH3 is 1. The van der Waals surface area contributed by atoms with E-state index < -0.39 is 11.6 Å². The van der Waals surface area contributed by atoms with Crippen LogP contribution in [0.2, 0.25) is 0 Å². The lowest BCUT2D eigenvalue weighted by Crippen LogP contribution is -2.24. The second-order valence-electron chi connectivity index (χ2n) is 4.22. The molecule has 0 N–H and O–H groups in total. The lowest BCUT2D eigenvalue weighted by Gasteiger charge is -2.24. The van der Waals surface area contributed by atoms with E-state index in [9.17, 15) is 9.59 Å². The van der Waals surface area contributed by atoms with Gasteiger partial charge in [-0.15, -0.1) is 0 Å². The van der Waals surface area contributed by atoms with Crippen molar-refractivity contribution in [2.45, 2.75) is 20.8 Å². The number of Topliss-reactive ketones (excluding diaryl/α,β-unsaturated/α-hetero) is 1. The molecule has 0 amide bonds. The molecule has 1 aliphatic rings. The quantitative estimate of drug-likeness (QED) is 0.471. The average molecular weight is 194 g/mol. The highest BCUT2D eigenvalue weighted by Crippen LogP contribution is 2.31.